The number of amides is 1. The molecule has 0 bridgehead atoms. The lowest BCUT2D eigenvalue weighted by Gasteiger charge is -2.41. The monoisotopic (exact) mass is 639 g/mol. The van der Waals surface area contributed by atoms with Crippen LogP contribution in [0, 0.1) is 0 Å². The van der Waals surface area contributed by atoms with Crippen LogP contribution in [0.4, 0.5) is 0 Å². The maximum Gasteiger partial charge on any atom is 0.254 e. The molecule has 17 N–H and O–H groups in total. The lowest BCUT2D eigenvalue weighted by Crippen LogP contribution is -2.58. The summed E-state index contributed by atoms with van der Waals surface area (Å²) in [6, 6.07) is -1.69. The second-order valence-electron chi connectivity index (χ2n) is 11.5. The van der Waals surface area contributed by atoms with Crippen LogP contribution in [-0.4, -0.2) is 154 Å². The Morgan fingerprint density at radius 2 is 1.73 bits per heavy atom. The fourth-order valence-corrected chi connectivity index (χ4v) is 5.32. The second-order valence-corrected chi connectivity index (χ2v) is 11.5. The minimum Gasteiger partial charge on any atom is -0.400 e. The molecule has 0 spiro atoms. The van der Waals surface area contributed by atoms with Gasteiger partial charge in [0.25, 0.3) is 5.91 Å². The van der Waals surface area contributed by atoms with Crippen molar-refractivity contribution < 1.29 is 54.8 Å². The van der Waals surface area contributed by atoms with E-state index in [1.165, 1.54) is 0 Å². The van der Waals surface area contributed by atoms with Gasteiger partial charge in [-0.05, 0) is 32.4 Å². The van der Waals surface area contributed by atoms with Gasteiger partial charge in [0, 0.05) is 51.4 Å². The number of ether oxygens (including phenoxy) is 3. The number of nitrogens with one attached hydrogen (secondary N) is 2. The highest BCUT2D eigenvalue weighted by atomic mass is 16.7. The molecule has 12 atom stereocenters. The molecule has 18 heteroatoms. The van der Waals surface area contributed by atoms with Crippen LogP contribution in [-0.2, 0) is 19.0 Å². The molecular weight excluding hydrogens is 586 g/mol. The van der Waals surface area contributed by atoms with Crippen LogP contribution in [0.25, 0.3) is 0 Å². The van der Waals surface area contributed by atoms with E-state index in [1.54, 1.807) is 0 Å². The fraction of sp³-hybridized carbons (Fsp3) is 0.923. The van der Waals surface area contributed by atoms with Crippen LogP contribution in [0.15, 0.2) is 4.99 Å². The summed E-state index contributed by atoms with van der Waals surface area (Å²) in [7, 11) is 1.00. The molecule has 2 aliphatic carbocycles. The van der Waals surface area contributed by atoms with Crippen molar-refractivity contribution in [3.63, 3.8) is 0 Å². The largest absolute Gasteiger partial charge is 0.400 e. The molecular formula is C26H53N7O11. The Labute approximate surface area is 256 Å². The Bertz CT molecular complexity index is 877. The van der Waals surface area contributed by atoms with Gasteiger partial charge in [-0.1, -0.05) is 0 Å². The predicted molar refractivity (Wildman–Crippen MR) is 156 cm³/mol. The summed E-state index contributed by atoms with van der Waals surface area (Å²) in [5.41, 5.74) is 20.7. The van der Waals surface area contributed by atoms with Gasteiger partial charge in [0.05, 0.1) is 37.1 Å². The first-order valence-electron chi connectivity index (χ1n) is 14.9. The van der Waals surface area contributed by atoms with Crippen molar-refractivity contribution in [2.24, 2.45) is 27.9 Å². The number of rotatable bonds is 10. The van der Waals surface area contributed by atoms with E-state index in [2.05, 4.69) is 20.4 Å². The van der Waals surface area contributed by atoms with Gasteiger partial charge in [0.2, 0.25) is 0 Å². The Hall–Kier alpha value is -1.78. The average molecular weight is 640 g/mol. The first kappa shape index (κ1) is 38.4. The summed E-state index contributed by atoms with van der Waals surface area (Å²) in [6.07, 6.45) is -3.35. The molecule has 1 amide bonds. The van der Waals surface area contributed by atoms with Crippen molar-refractivity contribution in [3.8, 4) is 0 Å². The SMILES string of the molecule is CO.NCCCNCC1CC(O)C[C@@H](O[C@@H]2C(N)CC(NC(=O)C3(O)CC3N=C(N)N)CC2O)O1.OC1COC(O)C(O)C1. The molecule has 2 aliphatic heterocycles. The van der Waals surface area contributed by atoms with Gasteiger partial charge < -0.3 is 83.5 Å². The molecule has 0 aromatic rings. The molecule has 0 aromatic heterocycles. The van der Waals surface area contributed by atoms with Gasteiger partial charge in [-0.2, -0.15) is 0 Å². The zero-order chi connectivity index (χ0) is 33.0. The molecule has 44 heavy (non-hydrogen) atoms. The Balaban J connectivity index is 0.000000519. The number of carbonyl (C=O) groups excluding carboxylic acids is 1. The van der Waals surface area contributed by atoms with Crippen molar-refractivity contribution in [1.29, 1.82) is 0 Å². The molecule has 2 heterocycles. The first-order chi connectivity index (χ1) is 20.8. The first-order valence-corrected chi connectivity index (χ1v) is 14.9. The molecule has 2 saturated heterocycles. The van der Waals surface area contributed by atoms with Gasteiger partial charge in [-0.15, -0.1) is 0 Å². The second kappa shape index (κ2) is 18.4. The predicted octanol–water partition coefficient (Wildman–Crippen LogP) is -6.03. The van der Waals surface area contributed by atoms with Crippen LogP contribution in [0.1, 0.15) is 44.9 Å². The van der Waals surface area contributed by atoms with Crippen LogP contribution in [0.5, 0.6) is 0 Å². The van der Waals surface area contributed by atoms with Gasteiger partial charge in [-0.25, -0.2) is 4.99 Å². The van der Waals surface area contributed by atoms with Gasteiger partial charge in [-0.3, -0.25) is 4.79 Å². The molecule has 258 valence electrons. The minimum atomic E-state index is -1.65. The molecule has 18 nitrogen and oxygen atoms in total. The van der Waals surface area contributed by atoms with E-state index in [9.17, 15) is 20.1 Å². The molecule has 4 aliphatic rings. The smallest absolute Gasteiger partial charge is 0.254 e. The van der Waals surface area contributed by atoms with E-state index in [4.69, 9.17) is 52.8 Å². The number of nitrogens with zero attached hydrogens (tertiary/aromatic N) is 1. The van der Waals surface area contributed by atoms with E-state index in [1.807, 2.05) is 0 Å². The molecule has 10 unspecified atom stereocenters. The van der Waals surface area contributed by atoms with Gasteiger partial charge >= 0.3 is 0 Å². The quantitative estimate of drug-likeness (QED) is 0.0601. The maximum absolute atomic E-state index is 12.5. The maximum atomic E-state index is 12.5. The number of aliphatic hydroxyl groups excluding tert-OH is 6. The highest BCUT2D eigenvalue weighted by molar-refractivity contribution is 5.90. The summed E-state index contributed by atoms with van der Waals surface area (Å²) in [4.78, 5) is 16.3. The van der Waals surface area contributed by atoms with Crippen molar-refractivity contribution >= 4 is 11.9 Å². The third-order valence-electron chi connectivity index (χ3n) is 7.70. The molecule has 0 aromatic carbocycles. The van der Waals surface area contributed by atoms with Crippen LogP contribution >= 0.6 is 0 Å². The van der Waals surface area contributed by atoms with Gasteiger partial charge in [0.1, 0.15) is 12.2 Å². The zero-order valence-electron chi connectivity index (χ0n) is 25.1. The summed E-state index contributed by atoms with van der Waals surface area (Å²) >= 11 is 0. The van der Waals surface area contributed by atoms with E-state index in [0.29, 0.717) is 25.9 Å². The van der Waals surface area contributed by atoms with Crippen LogP contribution in [0.3, 0.4) is 0 Å². The third kappa shape index (κ3) is 11.9. The van der Waals surface area contributed by atoms with E-state index in [0.717, 1.165) is 20.1 Å². The standard InChI is InChI=1S/C20H39N7O6.C5H10O4.CH4O/c21-2-1-3-25-9-12-6-11(28)7-16(32-12)33-17-13(22)4-10(5-14(17)29)26-18(30)20(31)8-15(20)27-19(23)24;6-3-1-4(7)5(8)9-2-3;1-2/h10-17,25,28-29,31H,1-9,21-22H2,(H,26,30)(H4,23,24,27);3-8H,1-2H2;2H,1H3/t10?,11?,12?,13?,14?,15?,16-,17-,20?;;/m1../s1. The topological polar surface area (TPSA) is 327 Å². The van der Waals surface area contributed by atoms with E-state index < -0.39 is 72.7 Å². The van der Waals surface area contributed by atoms with Crippen molar-refractivity contribution in [2.45, 2.75) is 118 Å². The van der Waals surface area contributed by atoms with Crippen molar-refractivity contribution in [2.75, 3.05) is 33.4 Å². The fourth-order valence-electron chi connectivity index (χ4n) is 5.32. The van der Waals surface area contributed by atoms with Crippen molar-refractivity contribution in [3.05, 3.63) is 0 Å². The summed E-state index contributed by atoms with van der Waals surface area (Å²) in [5, 5.41) is 70.6. The van der Waals surface area contributed by atoms with Crippen LogP contribution in [0.2, 0.25) is 0 Å². The van der Waals surface area contributed by atoms with Gasteiger partial charge in [0.15, 0.2) is 24.1 Å². The highest BCUT2D eigenvalue weighted by Crippen LogP contribution is 2.39. The molecule has 0 radical (unpaired) electrons. The summed E-state index contributed by atoms with van der Waals surface area (Å²) in [5.74, 6) is -0.785. The zero-order valence-corrected chi connectivity index (χ0v) is 25.1. The molecule has 4 fully saturated rings. The Morgan fingerprint density at radius 1 is 1.02 bits per heavy atom. The lowest BCUT2D eigenvalue weighted by atomic mass is 9.86. The minimum absolute atomic E-state index is 0.109. The van der Waals surface area contributed by atoms with E-state index >= 15 is 0 Å². The number of carbonyl (C=O) groups is 1. The number of hydrogen-bond acceptors (Lipinski definition) is 15. The normalized spacial score (nSPS) is 39.9. The summed E-state index contributed by atoms with van der Waals surface area (Å²) in [6.45, 7) is 2.04. The summed E-state index contributed by atoms with van der Waals surface area (Å²) < 4.78 is 16.5. The van der Waals surface area contributed by atoms with Crippen molar-refractivity contribution in [1.82, 2.24) is 10.6 Å². The highest BCUT2D eigenvalue weighted by Gasteiger charge is 2.60. The molecule has 4 rings (SSSR count). The number of aliphatic imine (C=N–C) groups is 1. The van der Waals surface area contributed by atoms with Crippen LogP contribution < -0.4 is 33.6 Å². The number of aliphatic hydroxyl groups is 7. The number of nitrogens with two attached hydrogens (primary N) is 4. The Kier molecular flexibility index (Phi) is 16.0. The number of hydrogen-bond donors (Lipinski definition) is 13. The van der Waals surface area contributed by atoms with E-state index in [-0.39, 0.29) is 44.4 Å². The average Bonchev–Trinajstić information content (AvgIpc) is 3.61. The lowest BCUT2D eigenvalue weighted by molar-refractivity contribution is -0.251. The third-order valence-corrected chi connectivity index (χ3v) is 7.70. The molecule has 2 saturated carbocycles. The number of guanidine groups is 1. The Morgan fingerprint density at radius 3 is 2.32 bits per heavy atom.